The van der Waals surface area contributed by atoms with Crippen molar-refractivity contribution < 1.29 is 14.4 Å². The summed E-state index contributed by atoms with van der Waals surface area (Å²) in [4.78, 5) is 39.5. The molecule has 6 heteroatoms. The first-order valence-electron chi connectivity index (χ1n) is 10.2. The van der Waals surface area contributed by atoms with E-state index in [0.29, 0.717) is 24.3 Å². The van der Waals surface area contributed by atoms with E-state index in [2.05, 4.69) is 23.7 Å². The molecule has 0 atom stereocenters. The Kier molecular flexibility index (Phi) is 5.45. The molecular weight excluding hydrogens is 342 g/mol. The van der Waals surface area contributed by atoms with Gasteiger partial charge in [0.1, 0.15) is 5.54 Å². The van der Waals surface area contributed by atoms with Crippen LogP contribution in [0.15, 0.2) is 6.07 Å². The molecule has 3 rings (SSSR count). The molecule has 6 nitrogen and oxygen atoms in total. The maximum absolute atomic E-state index is 13.0. The third kappa shape index (κ3) is 3.42. The van der Waals surface area contributed by atoms with Gasteiger partial charge in [0.2, 0.25) is 0 Å². The summed E-state index contributed by atoms with van der Waals surface area (Å²) in [5, 5.41) is 2.90. The highest BCUT2D eigenvalue weighted by molar-refractivity contribution is 6.11. The molecule has 3 amide bonds. The average Bonchev–Trinajstić information content (AvgIpc) is 3.05. The molecule has 0 unspecified atom stereocenters. The highest BCUT2D eigenvalue weighted by atomic mass is 16.2. The van der Waals surface area contributed by atoms with Crippen LogP contribution < -0.4 is 5.32 Å². The molecule has 1 N–H and O–H groups in total. The Bertz CT molecular complexity index is 757. The zero-order valence-electron chi connectivity index (χ0n) is 16.9. The van der Waals surface area contributed by atoms with Crippen LogP contribution in [0.5, 0.6) is 0 Å². The van der Waals surface area contributed by atoms with Gasteiger partial charge in [0.05, 0.1) is 6.54 Å². The molecule has 27 heavy (non-hydrogen) atoms. The molecule has 1 aromatic rings. The van der Waals surface area contributed by atoms with Gasteiger partial charge in [0, 0.05) is 23.5 Å². The Balaban J connectivity index is 1.74. The van der Waals surface area contributed by atoms with Crippen LogP contribution in [-0.4, -0.2) is 39.3 Å². The first-order chi connectivity index (χ1) is 12.8. The van der Waals surface area contributed by atoms with E-state index in [-0.39, 0.29) is 18.2 Å². The van der Waals surface area contributed by atoms with Gasteiger partial charge in [-0.15, -0.1) is 0 Å². The van der Waals surface area contributed by atoms with E-state index >= 15 is 0 Å². The number of hydrogen-bond donors (Lipinski definition) is 1. The second kappa shape index (κ2) is 7.49. The van der Waals surface area contributed by atoms with E-state index in [1.165, 1.54) is 0 Å². The highest BCUT2D eigenvalue weighted by Gasteiger charge is 2.52. The van der Waals surface area contributed by atoms with E-state index in [1.54, 1.807) is 0 Å². The minimum Gasteiger partial charge on any atom is -0.348 e. The van der Waals surface area contributed by atoms with Crippen LogP contribution in [0.4, 0.5) is 4.79 Å². The monoisotopic (exact) mass is 373 g/mol. The zero-order valence-corrected chi connectivity index (χ0v) is 16.9. The normalized spacial score (nSPS) is 25.3. The zero-order chi connectivity index (χ0) is 19.8. The number of amides is 3. The van der Waals surface area contributed by atoms with Gasteiger partial charge >= 0.3 is 6.03 Å². The number of nitrogens with zero attached hydrogens (tertiary/aromatic N) is 2. The number of rotatable bonds is 6. The molecule has 0 bridgehead atoms. The van der Waals surface area contributed by atoms with Crippen molar-refractivity contribution in [3.05, 3.63) is 23.0 Å². The minimum absolute atomic E-state index is 0.173. The number of carbonyl (C=O) groups excluding carboxylic acids is 3. The van der Waals surface area contributed by atoms with Crippen molar-refractivity contribution in [3.63, 3.8) is 0 Å². The van der Waals surface area contributed by atoms with Gasteiger partial charge in [0.25, 0.3) is 5.91 Å². The van der Waals surface area contributed by atoms with Crippen molar-refractivity contribution in [2.24, 2.45) is 5.92 Å². The van der Waals surface area contributed by atoms with E-state index in [4.69, 9.17) is 0 Å². The number of carbonyl (C=O) groups is 3. The smallest absolute Gasteiger partial charge is 0.325 e. The number of hydrogen-bond acceptors (Lipinski definition) is 3. The van der Waals surface area contributed by atoms with Gasteiger partial charge in [-0.3, -0.25) is 14.5 Å². The van der Waals surface area contributed by atoms with Crippen molar-refractivity contribution in [1.82, 2.24) is 14.8 Å². The van der Waals surface area contributed by atoms with Crippen molar-refractivity contribution in [2.75, 3.05) is 6.54 Å². The fraction of sp³-hybridized carbons (Fsp3) is 0.667. The third-order valence-electron chi connectivity index (χ3n) is 6.40. The standard InChI is InChI=1S/C21H31N3O3/c1-5-11-23-14(3)12-17(15(23)4)18(25)13-24-19(26)21(22-20(24)27)9-7-16(6-2)8-10-21/h12,16H,5-11,13H2,1-4H3,(H,22,27). The van der Waals surface area contributed by atoms with Crippen LogP contribution in [0.3, 0.4) is 0 Å². The van der Waals surface area contributed by atoms with Crippen molar-refractivity contribution in [1.29, 1.82) is 0 Å². The number of imide groups is 1. The van der Waals surface area contributed by atoms with Crippen molar-refractivity contribution in [3.8, 4) is 0 Å². The Morgan fingerprint density at radius 2 is 1.89 bits per heavy atom. The summed E-state index contributed by atoms with van der Waals surface area (Å²) in [7, 11) is 0. The molecule has 1 spiro atoms. The molecule has 1 saturated carbocycles. The summed E-state index contributed by atoms with van der Waals surface area (Å²) in [6.45, 7) is 8.84. The SMILES string of the molecule is CCCn1c(C)cc(C(=O)CN2C(=O)NC3(CCC(CC)CC3)C2=O)c1C. The van der Waals surface area contributed by atoms with Crippen LogP contribution in [-0.2, 0) is 11.3 Å². The Morgan fingerprint density at radius 3 is 2.48 bits per heavy atom. The number of urea groups is 1. The lowest BCUT2D eigenvalue weighted by Crippen LogP contribution is -2.49. The summed E-state index contributed by atoms with van der Waals surface area (Å²) in [5.41, 5.74) is 1.76. The summed E-state index contributed by atoms with van der Waals surface area (Å²) in [5.74, 6) is 0.228. The molecule has 2 heterocycles. The summed E-state index contributed by atoms with van der Waals surface area (Å²) < 4.78 is 2.12. The Hall–Kier alpha value is -2.11. The lowest BCUT2D eigenvalue weighted by molar-refractivity contribution is -0.132. The maximum Gasteiger partial charge on any atom is 0.325 e. The first kappa shape index (κ1) is 19.6. The van der Waals surface area contributed by atoms with Gasteiger partial charge in [-0.1, -0.05) is 20.3 Å². The predicted molar refractivity (Wildman–Crippen MR) is 104 cm³/mol. The molecule has 0 aromatic carbocycles. The predicted octanol–water partition coefficient (Wildman–Crippen LogP) is 3.59. The molecule has 1 saturated heterocycles. The summed E-state index contributed by atoms with van der Waals surface area (Å²) >= 11 is 0. The quantitative estimate of drug-likeness (QED) is 0.612. The highest BCUT2D eigenvalue weighted by Crippen LogP contribution is 2.37. The Labute approximate surface area is 161 Å². The van der Waals surface area contributed by atoms with E-state index in [9.17, 15) is 14.4 Å². The number of ketones is 1. The molecule has 148 valence electrons. The van der Waals surface area contributed by atoms with Crippen LogP contribution >= 0.6 is 0 Å². The maximum atomic E-state index is 13.0. The average molecular weight is 373 g/mol. The fourth-order valence-corrected chi connectivity index (χ4v) is 4.62. The van der Waals surface area contributed by atoms with Gasteiger partial charge in [0.15, 0.2) is 5.78 Å². The van der Waals surface area contributed by atoms with Gasteiger partial charge in [-0.2, -0.15) is 0 Å². The first-order valence-corrected chi connectivity index (χ1v) is 10.2. The van der Waals surface area contributed by atoms with Crippen LogP contribution in [0, 0.1) is 19.8 Å². The van der Waals surface area contributed by atoms with Crippen molar-refractivity contribution >= 4 is 17.7 Å². The summed E-state index contributed by atoms with van der Waals surface area (Å²) in [6, 6.07) is 1.44. The fourth-order valence-electron chi connectivity index (χ4n) is 4.62. The topological polar surface area (TPSA) is 71.4 Å². The van der Waals surface area contributed by atoms with E-state index < -0.39 is 11.6 Å². The molecule has 2 fully saturated rings. The van der Waals surface area contributed by atoms with Gasteiger partial charge in [-0.25, -0.2) is 4.79 Å². The number of nitrogens with one attached hydrogen (secondary N) is 1. The third-order valence-corrected chi connectivity index (χ3v) is 6.40. The second-order valence-corrected chi connectivity index (χ2v) is 8.11. The molecule has 2 aliphatic rings. The van der Waals surface area contributed by atoms with Crippen LogP contribution in [0.2, 0.25) is 0 Å². The molecule has 1 aliphatic heterocycles. The molecule has 1 aliphatic carbocycles. The lowest BCUT2D eigenvalue weighted by Gasteiger charge is -2.34. The second-order valence-electron chi connectivity index (χ2n) is 8.11. The molecule has 1 aromatic heterocycles. The molecular formula is C21H31N3O3. The summed E-state index contributed by atoms with van der Waals surface area (Å²) in [6.07, 6.45) is 5.33. The van der Waals surface area contributed by atoms with E-state index in [1.807, 2.05) is 19.9 Å². The van der Waals surface area contributed by atoms with Gasteiger partial charge < -0.3 is 9.88 Å². The van der Waals surface area contributed by atoms with E-state index in [0.717, 1.165) is 48.5 Å². The van der Waals surface area contributed by atoms with Gasteiger partial charge in [-0.05, 0) is 57.9 Å². The molecule has 0 radical (unpaired) electrons. The van der Waals surface area contributed by atoms with Crippen LogP contribution in [0.25, 0.3) is 0 Å². The Morgan fingerprint density at radius 1 is 1.22 bits per heavy atom. The number of aryl methyl sites for hydroxylation is 1. The lowest BCUT2D eigenvalue weighted by atomic mass is 9.75. The number of Topliss-reactive ketones (excluding diaryl/α,β-unsaturated/α-hetero) is 1. The van der Waals surface area contributed by atoms with Crippen LogP contribution in [0.1, 0.15) is 74.1 Å². The largest absolute Gasteiger partial charge is 0.348 e. The van der Waals surface area contributed by atoms with Crippen molar-refractivity contribution in [2.45, 2.75) is 78.3 Å². The minimum atomic E-state index is -0.790. The number of aromatic nitrogens is 1.